The first kappa shape index (κ1) is 15.3. The third kappa shape index (κ3) is 2.85. The fourth-order valence-corrected chi connectivity index (χ4v) is 4.43. The van der Waals surface area contributed by atoms with E-state index in [-0.39, 0.29) is 11.8 Å². The number of likely N-dealkylation sites (N-methyl/N-ethyl adjacent to an activating group) is 1. The third-order valence-corrected chi connectivity index (χ3v) is 6.29. The summed E-state index contributed by atoms with van der Waals surface area (Å²) in [5.41, 5.74) is -0.625. The Kier molecular flexibility index (Phi) is 4.28. The number of likely N-dealkylation sites (tertiary alicyclic amines) is 1. The number of rotatable bonds is 4. The molecule has 3 fully saturated rings. The van der Waals surface area contributed by atoms with Crippen LogP contribution in [0.25, 0.3) is 0 Å². The number of carbonyl (C=O) groups excluding carboxylic acids is 1. The van der Waals surface area contributed by atoms with Gasteiger partial charge in [0.1, 0.15) is 0 Å². The van der Waals surface area contributed by atoms with Crippen molar-refractivity contribution in [2.45, 2.75) is 63.5 Å². The molecule has 0 aromatic carbocycles. The maximum Gasteiger partial charge on any atom is 0.236 e. The second-order valence-corrected chi connectivity index (χ2v) is 7.65. The molecule has 3 aliphatic rings. The van der Waals surface area contributed by atoms with Crippen LogP contribution in [0, 0.1) is 11.8 Å². The monoisotopic (exact) mass is 294 g/mol. The number of aliphatic hydroxyl groups is 1. The van der Waals surface area contributed by atoms with E-state index < -0.39 is 5.60 Å². The number of nitrogens with zero attached hydrogens (tertiary/aromatic N) is 2. The van der Waals surface area contributed by atoms with E-state index in [4.69, 9.17) is 0 Å². The molecule has 0 aromatic rings. The summed E-state index contributed by atoms with van der Waals surface area (Å²) in [6.45, 7) is 3.89. The summed E-state index contributed by atoms with van der Waals surface area (Å²) < 4.78 is 0. The van der Waals surface area contributed by atoms with E-state index in [1.807, 2.05) is 4.90 Å². The maximum atomic E-state index is 12.5. The molecule has 3 rings (SSSR count). The predicted molar refractivity (Wildman–Crippen MR) is 82.9 cm³/mol. The first-order valence-electron chi connectivity index (χ1n) is 8.71. The molecule has 0 bridgehead atoms. The van der Waals surface area contributed by atoms with Crippen LogP contribution in [0.4, 0.5) is 0 Å². The molecular weight excluding hydrogens is 264 g/mol. The SMILES string of the molecule is CC1CN(C(=O)CN(C)C2CCCC2)CC1(O)C1CCC1. The lowest BCUT2D eigenvalue weighted by Crippen LogP contribution is -2.49. The molecule has 1 N–H and O–H groups in total. The quantitative estimate of drug-likeness (QED) is 0.861. The van der Waals surface area contributed by atoms with Gasteiger partial charge in [0.05, 0.1) is 18.7 Å². The van der Waals surface area contributed by atoms with Gasteiger partial charge in [0.25, 0.3) is 0 Å². The number of hydrogen-bond donors (Lipinski definition) is 1. The van der Waals surface area contributed by atoms with Crippen LogP contribution in [0.1, 0.15) is 51.9 Å². The highest BCUT2D eigenvalue weighted by Crippen LogP contribution is 2.44. The lowest BCUT2D eigenvalue weighted by atomic mass is 9.69. The molecule has 2 atom stereocenters. The minimum absolute atomic E-state index is 0.200. The summed E-state index contributed by atoms with van der Waals surface area (Å²) in [4.78, 5) is 16.7. The number of hydrogen-bond acceptors (Lipinski definition) is 3. The molecule has 4 heteroatoms. The fraction of sp³-hybridized carbons (Fsp3) is 0.941. The minimum Gasteiger partial charge on any atom is -0.387 e. The van der Waals surface area contributed by atoms with Crippen LogP contribution in [0.3, 0.4) is 0 Å². The predicted octanol–water partition coefficient (Wildman–Crippen LogP) is 1.87. The van der Waals surface area contributed by atoms with Crippen molar-refractivity contribution < 1.29 is 9.90 Å². The standard InChI is InChI=1S/C17H30N2O2/c1-13-10-19(12-17(13,21)14-6-5-7-14)16(20)11-18(2)15-8-3-4-9-15/h13-15,21H,3-12H2,1-2H3. The van der Waals surface area contributed by atoms with Crippen LogP contribution < -0.4 is 0 Å². The van der Waals surface area contributed by atoms with Gasteiger partial charge < -0.3 is 10.0 Å². The Morgan fingerprint density at radius 2 is 1.90 bits per heavy atom. The van der Waals surface area contributed by atoms with E-state index in [0.29, 0.717) is 25.0 Å². The van der Waals surface area contributed by atoms with E-state index in [1.54, 1.807) is 0 Å². The van der Waals surface area contributed by atoms with Crippen LogP contribution >= 0.6 is 0 Å². The fourth-order valence-electron chi connectivity index (χ4n) is 4.43. The summed E-state index contributed by atoms with van der Waals surface area (Å²) in [5.74, 6) is 0.827. The lowest BCUT2D eigenvalue weighted by molar-refractivity contribution is -0.133. The van der Waals surface area contributed by atoms with Crippen molar-refractivity contribution in [3.05, 3.63) is 0 Å². The van der Waals surface area contributed by atoms with Crippen molar-refractivity contribution in [2.24, 2.45) is 11.8 Å². The highest BCUT2D eigenvalue weighted by Gasteiger charge is 2.50. The largest absolute Gasteiger partial charge is 0.387 e. The van der Waals surface area contributed by atoms with Gasteiger partial charge in [-0.1, -0.05) is 26.2 Å². The summed E-state index contributed by atoms with van der Waals surface area (Å²) in [5, 5.41) is 10.9. The molecule has 120 valence electrons. The molecule has 0 spiro atoms. The molecule has 21 heavy (non-hydrogen) atoms. The number of amides is 1. The highest BCUT2D eigenvalue weighted by atomic mass is 16.3. The van der Waals surface area contributed by atoms with E-state index in [1.165, 1.54) is 32.1 Å². The first-order valence-corrected chi connectivity index (χ1v) is 8.71. The Morgan fingerprint density at radius 1 is 1.24 bits per heavy atom. The van der Waals surface area contributed by atoms with E-state index in [2.05, 4.69) is 18.9 Å². The van der Waals surface area contributed by atoms with Gasteiger partial charge in [-0.25, -0.2) is 0 Å². The second kappa shape index (κ2) is 5.88. The van der Waals surface area contributed by atoms with Gasteiger partial charge in [0.2, 0.25) is 5.91 Å². The van der Waals surface area contributed by atoms with Gasteiger partial charge in [-0.2, -0.15) is 0 Å². The molecule has 0 radical (unpaired) electrons. The molecule has 2 saturated carbocycles. The first-order chi connectivity index (χ1) is 10.0. The molecule has 1 amide bonds. The molecule has 1 heterocycles. The van der Waals surface area contributed by atoms with Crippen molar-refractivity contribution in [3.8, 4) is 0 Å². The third-order valence-electron chi connectivity index (χ3n) is 6.29. The lowest BCUT2D eigenvalue weighted by Gasteiger charge is -2.41. The molecular formula is C17H30N2O2. The zero-order valence-corrected chi connectivity index (χ0v) is 13.6. The Hall–Kier alpha value is -0.610. The van der Waals surface area contributed by atoms with Crippen LogP contribution in [0.2, 0.25) is 0 Å². The van der Waals surface area contributed by atoms with Gasteiger partial charge in [-0.3, -0.25) is 9.69 Å². The Balaban J connectivity index is 1.55. The van der Waals surface area contributed by atoms with Crippen molar-refractivity contribution in [2.75, 3.05) is 26.7 Å². The van der Waals surface area contributed by atoms with Gasteiger partial charge in [0.15, 0.2) is 0 Å². The zero-order valence-electron chi connectivity index (χ0n) is 13.6. The molecule has 0 aromatic heterocycles. The molecule has 2 unspecified atom stereocenters. The summed E-state index contributed by atoms with van der Waals surface area (Å²) in [6, 6.07) is 0.583. The highest BCUT2D eigenvalue weighted by molar-refractivity contribution is 5.78. The van der Waals surface area contributed by atoms with Crippen molar-refractivity contribution in [1.82, 2.24) is 9.80 Å². The van der Waals surface area contributed by atoms with Crippen molar-refractivity contribution in [1.29, 1.82) is 0 Å². The number of carbonyl (C=O) groups is 1. The van der Waals surface area contributed by atoms with Crippen LogP contribution in [-0.2, 0) is 4.79 Å². The molecule has 4 nitrogen and oxygen atoms in total. The van der Waals surface area contributed by atoms with Crippen LogP contribution in [0.5, 0.6) is 0 Å². The molecule has 1 saturated heterocycles. The average molecular weight is 294 g/mol. The summed E-state index contributed by atoms with van der Waals surface area (Å²) in [7, 11) is 2.07. The molecule has 2 aliphatic carbocycles. The van der Waals surface area contributed by atoms with Crippen LogP contribution in [-0.4, -0.2) is 59.1 Å². The van der Waals surface area contributed by atoms with Gasteiger partial charge >= 0.3 is 0 Å². The average Bonchev–Trinajstić information content (AvgIpc) is 2.97. The van der Waals surface area contributed by atoms with E-state index in [0.717, 1.165) is 19.4 Å². The topological polar surface area (TPSA) is 43.8 Å². The second-order valence-electron chi connectivity index (χ2n) is 7.65. The summed E-state index contributed by atoms with van der Waals surface area (Å²) >= 11 is 0. The van der Waals surface area contributed by atoms with Gasteiger partial charge in [-0.05, 0) is 38.6 Å². The smallest absolute Gasteiger partial charge is 0.236 e. The number of β-amino-alcohol motifs (C(OH)–C–C–N with tert-alkyl or cyclic N) is 1. The van der Waals surface area contributed by atoms with Crippen LogP contribution in [0.15, 0.2) is 0 Å². The van der Waals surface area contributed by atoms with Gasteiger partial charge in [-0.15, -0.1) is 0 Å². The summed E-state index contributed by atoms with van der Waals surface area (Å²) in [6.07, 6.45) is 8.54. The minimum atomic E-state index is -0.625. The molecule has 1 aliphatic heterocycles. The van der Waals surface area contributed by atoms with Gasteiger partial charge in [0, 0.05) is 18.5 Å². The zero-order chi connectivity index (χ0) is 15.0. The van der Waals surface area contributed by atoms with E-state index in [9.17, 15) is 9.90 Å². The van der Waals surface area contributed by atoms with E-state index >= 15 is 0 Å². The maximum absolute atomic E-state index is 12.5. The van der Waals surface area contributed by atoms with Crippen molar-refractivity contribution >= 4 is 5.91 Å². The Bertz CT molecular complexity index is 390. The normalized spacial score (nSPS) is 34.7. The Morgan fingerprint density at radius 3 is 2.48 bits per heavy atom. The Labute approximate surface area is 128 Å². The van der Waals surface area contributed by atoms with Crippen molar-refractivity contribution in [3.63, 3.8) is 0 Å².